The second-order valence-corrected chi connectivity index (χ2v) is 17.2. The third-order valence-corrected chi connectivity index (χ3v) is 11.4. The van der Waals surface area contributed by atoms with Crippen LogP contribution in [-0.2, 0) is 64.0 Å². The number of amides is 12. The van der Waals surface area contributed by atoms with Gasteiger partial charge in [0.05, 0.1) is 26.1 Å². The summed E-state index contributed by atoms with van der Waals surface area (Å²) in [6.07, 6.45) is -0.684. The number of aromatic hydroxyl groups is 1. The van der Waals surface area contributed by atoms with Crippen LogP contribution in [0.4, 0.5) is 0 Å². The molecule has 26 heteroatoms. The first-order valence-electron chi connectivity index (χ1n) is 21.6. The van der Waals surface area contributed by atoms with Crippen molar-refractivity contribution >= 4 is 82.6 Å². The monoisotopic (exact) mass is 976 g/mol. The summed E-state index contributed by atoms with van der Waals surface area (Å²) in [5, 5.41) is 26.8. The first kappa shape index (κ1) is 57.1. The Morgan fingerprint density at radius 2 is 1.50 bits per heavy atom. The molecule has 1 heterocycles. The molecule has 1 fully saturated rings. The summed E-state index contributed by atoms with van der Waals surface area (Å²) in [6.45, 7) is 1.51. The van der Waals surface area contributed by atoms with E-state index in [9.17, 15) is 62.6 Å². The van der Waals surface area contributed by atoms with Crippen LogP contribution < -0.4 is 54.4 Å². The molecule has 0 aromatic heterocycles. The van der Waals surface area contributed by atoms with Gasteiger partial charge in [0.25, 0.3) is 0 Å². The first-order valence-corrected chi connectivity index (χ1v) is 23.0. The maximum Gasteiger partial charge on any atom is 0.245 e. The van der Waals surface area contributed by atoms with E-state index in [1.165, 1.54) is 50.1 Å². The highest BCUT2D eigenvalue weighted by molar-refractivity contribution is 7.98. The molecule has 0 saturated carbocycles. The number of primary amides is 3. The highest BCUT2D eigenvalue weighted by Crippen LogP contribution is 2.19. The van der Waals surface area contributed by atoms with E-state index in [2.05, 4.69) is 37.2 Å². The third-order valence-electron chi connectivity index (χ3n) is 10.8. The van der Waals surface area contributed by atoms with Crippen molar-refractivity contribution < 1.29 is 62.6 Å². The Kier molecular flexibility index (Phi) is 23.7. The van der Waals surface area contributed by atoms with Crippen LogP contribution in [0.1, 0.15) is 64.4 Å². The highest BCUT2D eigenvalue weighted by atomic mass is 32.2. The molecule has 1 aromatic carbocycles. The predicted molar refractivity (Wildman–Crippen MR) is 245 cm³/mol. The molecule has 2 unspecified atom stereocenters. The molecule has 0 aliphatic carbocycles. The van der Waals surface area contributed by atoms with Gasteiger partial charge in [0.15, 0.2) is 0 Å². The zero-order valence-corrected chi connectivity index (χ0v) is 39.5. The van der Waals surface area contributed by atoms with Crippen LogP contribution in [0, 0.1) is 5.92 Å². The van der Waals surface area contributed by atoms with Gasteiger partial charge in [0, 0.05) is 33.4 Å². The number of hydrogen-bond acceptors (Lipinski definition) is 14. The lowest BCUT2D eigenvalue weighted by atomic mass is 9.95. The van der Waals surface area contributed by atoms with Crippen LogP contribution >= 0.6 is 11.8 Å². The number of thioether (sulfide) groups is 1. The van der Waals surface area contributed by atoms with Gasteiger partial charge in [-0.2, -0.15) is 11.8 Å². The van der Waals surface area contributed by atoms with Crippen molar-refractivity contribution in [3.8, 4) is 5.75 Å². The van der Waals surface area contributed by atoms with Crippen LogP contribution in [-0.4, -0.2) is 168 Å². The number of likely N-dealkylation sites (N-methyl/N-ethyl adjacent to an activating group) is 2. The number of nitrogens with zero attached hydrogens (tertiary/aromatic N) is 2. The van der Waals surface area contributed by atoms with E-state index in [1.807, 2.05) is 0 Å². The fraction of sp³-hybridized carbons (Fsp3) is 0.571. The van der Waals surface area contributed by atoms with Crippen molar-refractivity contribution in [2.24, 2.45) is 23.1 Å². The molecular weight excluding hydrogens is 913 g/mol. The summed E-state index contributed by atoms with van der Waals surface area (Å²) < 4.78 is 0. The number of phenolic OH excluding ortho intramolecular Hbond substituents is 1. The minimum absolute atomic E-state index is 0.0684. The summed E-state index contributed by atoms with van der Waals surface area (Å²) in [5.74, 6) is -11.1. The molecule has 1 aromatic rings. The smallest absolute Gasteiger partial charge is 0.245 e. The number of carbonyl (C=O) groups excluding carboxylic acids is 12. The van der Waals surface area contributed by atoms with Crippen molar-refractivity contribution in [2.45, 2.75) is 101 Å². The summed E-state index contributed by atoms with van der Waals surface area (Å²) in [5.41, 5.74) is 16.5. The standard InChI is InChI=1S/C42H64N12O13S/c1-6-22(2)36-40(65)50-25(11-13-30(43)56)38(63)52-28(18-31(44)57)39(64)51-27(41(66)53(3)21-35(61)48-26(15-16-68-5)37(62)47-19-32(45)58)12-14-33(59)46-20-34(60)49-29(42(67)54(36)4)17-23-7-9-24(55)10-8-23/h7-10,22,25-29,36,55H,6,11-21H2,1-5H3,(H2,43,56)(H2,44,57)(H2,45,58)(H,46,59)(H,47,62)(H,48,61)(H,49,60)(H,50,65)(H,51,64)(H,52,63)/t22?,25-,26-,27-,28-,29-,36?/m0/s1. The topological polar surface area (TPSA) is 394 Å². The van der Waals surface area contributed by atoms with E-state index in [-0.39, 0.29) is 18.6 Å². The lowest BCUT2D eigenvalue weighted by Gasteiger charge is -2.35. The van der Waals surface area contributed by atoms with Gasteiger partial charge in [-0.15, -0.1) is 0 Å². The van der Waals surface area contributed by atoms with Crippen LogP contribution in [0.3, 0.4) is 0 Å². The highest BCUT2D eigenvalue weighted by Gasteiger charge is 2.38. The van der Waals surface area contributed by atoms with E-state index < -0.39 is 165 Å². The molecule has 68 heavy (non-hydrogen) atoms. The van der Waals surface area contributed by atoms with Crippen LogP contribution in [0.5, 0.6) is 5.75 Å². The number of phenols is 1. The van der Waals surface area contributed by atoms with Gasteiger partial charge in [-0.1, -0.05) is 32.4 Å². The number of carbonyl (C=O) groups is 12. The van der Waals surface area contributed by atoms with Crippen LogP contribution in [0.15, 0.2) is 24.3 Å². The zero-order valence-electron chi connectivity index (χ0n) is 38.7. The Morgan fingerprint density at radius 3 is 2.09 bits per heavy atom. The first-order chi connectivity index (χ1) is 32.0. The van der Waals surface area contributed by atoms with E-state index in [0.717, 1.165) is 9.80 Å². The number of nitrogens with one attached hydrogen (secondary N) is 7. The lowest BCUT2D eigenvalue weighted by molar-refractivity contribution is -0.144. The number of hydrogen-bond donors (Lipinski definition) is 11. The Morgan fingerprint density at radius 1 is 0.868 bits per heavy atom. The molecule has 2 rings (SSSR count). The van der Waals surface area contributed by atoms with Crippen molar-refractivity contribution in [1.29, 1.82) is 0 Å². The summed E-state index contributed by atoms with van der Waals surface area (Å²) >= 11 is 1.37. The Labute approximate surface area is 397 Å². The molecule has 376 valence electrons. The maximum atomic E-state index is 14.3. The zero-order chi connectivity index (χ0) is 51.2. The number of nitrogens with two attached hydrogens (primary N) is 3. The normalized spacial score (nSPS) is 21.0. The van der Waals surface area contributed by atoms with Gasteiger partial charge in [0.1, 0.15) is 42.0 Å². The van der Waals surface area contributed by atoms with Gasteiger partial charge in [-0.05, 0) is 54.9 Å². The molecule has 1 aliphatic heterocycles. The average Bonchev–Trinajstić information content (AvgIpc) is 3.27. The minimum Gasteiger partial charge on any atom is -0.508 e. The second kappa shape index (κ2) is 28.2. The molecule has 7 atom stereocenters. The van der Waals surface area contributed by atoms with E-state index in [4.69, 9.17) is 17.2 Å². The van der Waals surface area contributed by atoms with Gasteiger partial charge >= 0.3 is 0 Å². The molecule has 25 nitrogen and oxygen atoms in total. The van der Waals surface area contributed by atoms with Crippen molar-refractivity contribution in [3.63, 3.8) is 0 Å². The maximum absolute atomic E-state index is 14.3. The fourth-order valence-corrected chi connectivity index (χ4v) is 7.38. The van der Waals surface area contributed by atoms with Crippen molar-refractivity contribution in [2.75, 3.05) is 45.7 Å². The Balaban J connectivity index is 2.62. The lowest BCUT2D eigenvalue weighted by Crippen LogP contribution is -2.61. The van der Waals surface area contributed by atoms with Gasteiger partial charge in [0.2, 0.25) is 70.9 Å². The SMILES string of the molecule is CCC(C)C1C(=O)N[C@@H](CCC(N)=O)C(=O)N[C@@H](CC(N)=O)C(=O)N[C@H](C(=O)N(C)CC(=O)N[C@@H](CCSC)C(=O)NCC(N)=O)CCC(=O)NCC(=O)N[C@@H](Cc2ccc(O)cc2)C(=O)N1C. The summed E-state index contributed by atoms with van der Waals surface area (Å²) in [6, 6.07) is -3.14. The predicted octanol–water partition coefficient (Wildman–Crippen LogP) is -4.90. The van der Waals surface area contributed by atoms with E-state index in [0.29, 0.717) is 17.7 Å². The molecule has 14 N–H and O–H groups in total. The Bertz CT molecular complexity index is 2020. The fourth-order valence-electron chi connectivity index (χ4n) is 6.90. The third kappa shape index (κ3) is 19.5. The van der Waals surface area contributed by atoms with Crippen LogP contribution in [0.25, 0.3) is 0 Å². The quantitative estimate of drug-likeness (QED) is 0.0620. The molecule has 1 aliphatic rings. The van der Waals surface area contributed by atoms with E-state index >= 15 is 0 Å². The molecule has 12 amide bonds. The molecule has 0 radical (unpaired) electrons. The molecule has 0 bridgehead atoms. The minimum atomic E-state index is -1.83. The van der Waals surface area contributed by atoms with E-state index in [1.54, 1.807) is 20.1 Å². The summed E-state index contributed by atoms with van der Waals surface area (Å²) in [7, 11) is 2.49. The largest absolute Gasteiger partial charge is 0.508 e. The Hall–Kier alpha value is -6.99. The number of rotatable bonds is 19. The number of benzene rings is 1. The van der Waals surface area contributed by atoms with Gasteiger partial charge in [-0.3, -0.25) is 57.5 Å². The van der Waals surface area contributed by atoms with Crippen molar-refractivity contribution in [1.82, 2.24) is 47.0 Å². The van der Waals surface area contributed by atoms with Crippen LogP contribution in [0.2, 0.25) is 0 Å². The van der Waals surface area contributed by atoms with Gasteiger partial charge in [-0.25, -0.2) is 0 Å². The summed E-state index contributed by atoms with van der Waals surface area (Å²) in [4.78, 5) is 160. The van der Waals surface area contributed by atoms with Gasteiger partial charge < -0.3 is 69.3 Å². The molecule has 0 spiro atoms. The van der Waals surface area contributed by atoms with Crippen molar-refractivity contribution in [3.05, 3.63) is 29.8 Å². The molecule has 1 saturated heterocycles. The molecular formula is C42H64N12O13S. The average molecular weight is 977 g/mol. The second-order valence-electron chi connectivity index (χ2n) is 16.2.